The summed E-state index contributed by atoms with van der Waals surface area (Å²) < 4.78 is 68.3. The van der Waals surface area contributed by atoms with Crippen LogP contribution in [-0.4, -0.2) is 96.7 Å². The molecule has 0 aromatic rings. The van der Waals surface area contributed by atoms with Crippen LogP contribution < -0.4 is 0 Å². The van der Waals surface area contributed by atoms with Crippen LogP contribution in [0.4, 0.5) is 0 Å². The first-order valence-electron chi connectivity index (χ1n) is 39.9. The van der Waals surface area contributed by atoms with Crippen LogP contribution in [0.5, 0.6) is 0 Å². The Kier molecular flexibility index (Phi) is 66.2. The first kappa shape index (κ1) is 94.1. The number of rotatable bonds is 75. The van der Waals surface area contributed by atoms with Gasteiger partial charge in [0.1, 0.15) is 19.3 Å². The molecule has 0 aromatic carbocycles. The molecule has 0 fully saturated rings. The Morgan fingerprint density at radius 3 is 0.792 bits per heavy atom. The van der Waals surface area contributed by atoms with Crippen LogP contribution in [0, 0.1) is 17.8 Å². The molecule has 3 N–H and O–H groups in total. The van der Waals surface area contributed by atoms with Gasteiger partial charge in [-0.15, -0.1) is 0 Å². The summed E-state index contributed by atoms with van der Waals surface area (Å²) in [6.45, 7) is 11.9. The Labute approximate surface area is 588 Å². The van der Waals surface area contributed by atoms with E-state index in [2.05, 4.69) is 48.5 Å². The van der Waals surface area contributed by atoms with E-state index < -0.39 is 97.5 Å². The molecular formula is C77H150O17P2. The maximum Gasteiger partial charge on any atom is 0.472 e. The predicted molar refractivity (Wildman–Crippen MR) is 391 cm³/mol. The third-order valence-corrected chi connectivity index (χ3v) is 20.5. The van der Waals surface area contributed by atoms with E-state index in [0.717, 1.165) is 114 Å². The number of phosphoric acid groups is 2. The number of aliphatic hydroxyl groups excluding tert-OH is 1. The molecule has 0 amide bonds. The van der Waals surface area contributed by atoms with Crippen molar-refractivity contribution in [2.24, 2.45) is 17.8 Å². The van der Waals surface area contributed by atoms with E-state index in [-0.39, 0.29) is 25.7 Å². The number of ether oxygens (including phenoxy) is 4. The lowest BCUT2D eigenvalue weighted by Crippen LogP contribution is -2.30. The van der Waals surface area contributed by atoms with Gasteiger partial charge in [0.15, 0.2) is 12.2 Å². The Balaban J connectivity index is 5.12. The Morgan fingerprint density at radius 1 is 0.302 bits per heavy atom. The molecule has 570 valence electrons. The molecule has 0 saturated heterocycles. The van der Waals surface area contributed by atoms with E-state index in [4.69, 9.17) is 37.0 Å². The zero-order valence-electron chi connectivity index (χ0n) is 62.8. The molecule has 0 aliphatic rings. The molecule has 0 aromatic heterocycles. The second-order valence-corrected chi connectivity index (χ2v) is 31.6. The van der Waals surface area contributed by atoms with Gasteiger partial charge in [-0.2, -0.15) is 0 Å². The smallest absolute Gasteiger partial charge is 0.462 e. The van der Waals surface area contributed by atoms with Crippen molar-refractivity contribution in [2.45, 2.75) is 414 Å². The molecule has 0 bridgehead atoms. The van der Waals surface area contributed by atoms with Crippen molar-refractivity contribution in [1.82, 2.24) is 0 Å². The molecule has 17 nitrogen and oxygen atoms in total. The minimum Gasteiger partial charge on any atom is -0.462 e. The summed E-state index contributed by atoms with van der Waals surface area (Å²) in [5, 5.41) is 10.6. The summed E-state index contributed by atoms with van der Waals surface area (Å²) in [5.41, 5.74) is 0. The fourth-order valence-corrected chi connectivity index (χ4v) is 13.3. The van der Waals surface area contributed by atoms with Gasteiger partial charge in [0.2, 0.25) is 0 Å². The maximum absolute atomic E-state index is 13.1. The summed E-state index contributed by atoms with van der Waals surface area (Å²) in [7, 11) is -9.90. The van der Waals surface area contributed by atoms with Crippen LogP contribution >= 0.6 is 15.6 Å². The summed E-state index contributed by atoms with van der Waals surface area (Å²) in [6, 6.07) is 0. The fourth-order valence-electron chi connectivity index (χ4n) is 11.7. The van der Waals surface area contributed by atoms with Crippen LogP contribution in [0.25, 0.3) is 0 Å². The maximum atomic E-state index is 13.1. The molecule has 19 heteroatoms. The Bertz CT molecular complexity index is 1870. The minimum atomic E-state index is -4.96. The lowest BCUT2D eigenvalue weighted by atomic mass is 9.99. The molecule has 0 aliphatic heterocycles. The van der Waals surface area contributed by atoms with Crippen LogP contribution in [0.3, 0.4) is 0 Å². The zero-order chi connectivity index (χ0) is 70.9. The molecule has 7 atom stereocenters. The van der Waals surface area contributed by atoms with Gasteiger partial charge in [0, 0.05) is 25.7 Å². The van der Waals surface area contributed by atoms with Crippen molar-refractivity contribution in [2.75, 3.05) is 39.6 Å². The van der Waals surface area contributed by atoms with E-state index in [1.54, 1.807) is 0 Å². The van der Waals surface area contributed by atoms with E-state index in [9.17, 15) is 43.2 Å². The molecule has 0 saturated carbocycles. The van der Waals surface area contributed by atoms with Crippen LogP contribution in [0.1, 0.15) is 395 Å². The molecular weight excluding hydrogens is 1260 g/mol. The van der Waals surface area contributed by atoms with E-state index in [1.807, 2.05) is 0 Å². The Morgan fingerprint density at radius 2 is 0.531 bits per heavy atom. The van der Waals surface area contributed by atoms with Gasteiger partial charge >= 0.3 is 39.5 Å². The van der Waals surface area contributed by atoms with E-state index in [1.165, 1.54) is 199 Å². The molecule has 4 unspecified atom stereocenters. The molecule has 0 radical (unpaired) electrons. The van der Waals surface area contributed by atoms with Gasteiger partial charge in [0.05, 0.1) is 26.4 Å². The van der Waals surface area contributed by atoms with Crippen molar-refractivity contribution in [3.63, 3.8) is 0 Å². The number of phosphoric ester groups is 2. The predicted octanol–water partition coefficient (Wildman–Crippen LogP) is 22.6. The van der Waals surface area contributed by atoms with Crippen molar-refractivity contribution in [1.29, 1.82) is 0 Å². The van der Waals surface area contributed by atoms with Gasteiger partial charge in [-0.1, -0.05) is 344 Å². The van der Waals surface area contributed by atoms with Gasteiger partial charge < -0.3 is 33.8 Å². The van der Waals surface area contributed by atoms with Crippen molar-refractivity contribution in [3.8, 4) is 0 Å². The van der Waals surface area contributed by atoms with Gasteiger partial charge in [0.25, 0.3) is 0 Å². The zero-order valence-corrected chi connectivity index (χ0v) is 64.6. The molecule has 0 heterocycles. The van der Waals surface area contributed by atoms with Crippen LogP contribution in [0.15, 0.2) is 0 Å². The first-order valence-corrected chi connectivity index (χ1v) is 42.9. The summed E-state index contributed by atoms with van der Waals surface area (Å²) >= 11 is 0. The number of esters is 4. The number of carbonyl (C=O) groups excluding carboxylic acids is 4. The summed E-state index contributed by atoms with van der Waals surface area (Å²) in [5.74, 6) is 0.309. The number of hydrogen-bond acceptors (Lipinski definition) is 15. The molecule has 0 aliphatic carbocycles. The minimum absolute atomic E-state index is 0.104. The second kappa shape index (κ2) is 67.5. The standard InChI is InChI=1S/C77H150O17P2/c1-8-11-12-41-51-58-74(79)87-64-72(93-77(82)61-54-47-40-34-33-35-42-48-55-68(4)5)66-91-95(83,84)89-62-71(78)63-90-96(85,86)92-67-73(65-88-75(80)59-52-45-38-31-27-23-20-19-22-26-30-37-44-50-57-70(7)10-3)94-76(81)60-53-46-39-32-28-24-18-16-14-13-15-17-21-25-29-36-43-49-56-69(6)9-2/h68-73,78H,8-67H2,1-7H3,(H,83,84)(H,85,86)/t69?,70?,71-,72+,73+/m0/s1. The highest BCUT2D eigenvalue weighted by Gasteiger charge is 2.30. The SMILES string of the molecule is CCCCCCCC(=O)OC[C@H](COP(=O)(O)OC[C@H](O)COP(=O)(O)OC[C@@H](COC(=O)CCCCCCCCCCCCCCCCC(C)CC)OC(=O)CCCCCCCCCCCCCCCCCCCCC(C)CC)OC(=O)CCCCCCCCCCC(C)C. The molecule has 0 rings (SSSR count). The third-order valence-electron chi connectivity index (χ3n) is 18.6. The lowest BCUT2D eigenvalue weighted by Gasteiger charge is -2.21. The van der Waals surface area contributed by atoms with Gasteiger partial charge in [-0.05, 0) is 43.4 Å². The topological polar surface area (TPSA) is 237 Å². The quantitative estimate of drug-likeness (QED) is 0.0222. The highest BCUT2D eigenvalue weighted by molar-refractivity contribution is 7.47. The molecule has 0 spiro atoms. The van der Waals surface area contributed by atoms with Crippen LogP contribution in [-0.2, 0) is 65.4 Å². The fraction of sp³-hybridized carbons (Fsp3) is 0.948. The number of hydrogen-bond donors (Lipinski definition) is 3. The normalized spacial score (nSPS) is 14.6. The highest BCUT2D eigenvalue weighted by Crippen LogP contribution is 2.45. The molecule has 96 heavy (non-hydrogen) atoms. The third kappa shape index (κ3) is 67.9. The van der Waals surface area contributed by atoms with Crippen LogP contribution in [0.2, 0.25) is 0 Å². The van der Waals surface area contributed by atoms with Crippen molar-refractivity contribution < 1.29 is 80.2 Å². The van der Waals surface area contributed by atoms with E-state index >= 15 is 0 Å². The average molecular weight is 1410 g/mol. The van der Waals surface area contributed by atoms with E-state index in [0.29, 0.717) is 25.7 Å². The summed E-state index contributed by atoms with van der Waals surface area (Å²) in [6.07, 6.45) is 54.6. The highest BCUT2D eigenvalue weighted by atomic mass is 31.2. The van der Waals surface area contributed by atoms with Gasteiger partial charge in [-0.3, -0.25) is 37.3 Å². The first-order chi connectivity index (χ1) is 46.3. The number of carbonyl (C=O) groups is 4. The van der Waals surface area contributed by atoms with Crippen molar-refractivity contribution in [3.05, 3.63) is 0 Å². The van der Waals surface area contributed by atoms with Crippen molar-refractivity contribution >= 4 is 39.5 Å². The number of aliphatic hydroxyl groups is 1. The van der Waals surface area contributed by atoms with Gasteiger partial charge in [-0.25, -0.2) is 9.13 Å². The monoisotopic (exact) mass is 1410 g/mol. The average Bonchev–Trinajstić information content (AvgIpc) is 1.52. The number of unbranched alkanes of at least 4 members (excludes halogenated alkanes) is 41. The Hall–Kier alpha value is -1.94. The second-order valence-electron chi connectivity index (χ2n) is 28.7. The summed E-state index contributed by atoms with van der Waals surface area (Å²) in [4.78, 5) is 72.5. The lowest BCUT2D eigenvalue weighted by molar-refractivity contribution is -0.161. The largest absolute Gasteiger partial charge is 0.472 e.